The summed E-state index contributed by atoms with van der Waals surface area (Å²) in [6.45, 7) is 1.73. The number of ether oxygens (including phenoxy) is 1. The van der Waals surface area contributed by atoms with E-state index in [1.807, 2.05) is 41.0 Å². The fourth-order valence-corrected chi connectivity index (χ4v) is 3.43. The summed E-state index contributed by atoms with van der Waals surface area (Å²) >= 11 is 7.54. The van der Waals surface area contributed by atoms with E-state index in [0.29, 0.717) is 21.8 Å². The predicted molar refractivity (Wildman–Crippen MR) is 103 cm³/mol. The first-order valence-corrected chi connectivity index (χ1v) is 9.07. The molecular formula is C18H17ClN4O2S. The van der Waals surface area contributed by atoms with E-state index in [0.717, 1.165) is 11.3 Å². The maximum Gasteiger partial charge on any atom is 0.230 e. The molecule has 0 unspecified atom stereocenters. The van der Waals surface area contributed by atoms with Crippen LogP contribution < -0.4 is 10.5 Å². The van der Waals surface area contributed by atoms with Crippen molar-refractivity contribution in [2.75, 3.05) is 7.11 Å². The van der Waals surface area contributed by atoms with Gasteiger partial charge in [0, 0.05) is 5.56 Å². The first-order valence-electron chi connectivity index (χ1n) is 7.82. The molecule has 2 aromatic carbocycles. The SMILES string of the molecule is COc1ccc(-n2c(S[C@@H](C)C(N)=O)nnc2-c2ccccc2)cc1Cl. The molecule has 1 heterocycles. The Balaban J connectivity index is 2.14. The third-order valence-electron chi connectivity index (χ3n) is 3.74. The number of halogens is 1. The second-order valence-electron chi connectivity index (χ2n) is 5.49. The fraction of sp³-hybridized carbons (Fsp3) is 0.167. The maximum atomic E-state index is 11.5. The number of rotatable bonds is 6. The molecule has 1 amide bonds. The van der Waals surface area contributed by atoms with Crippen molar-refractivity contribution in [1.29, 1.82) is 0 Å². The molecule has 6 nitrogen and oxygen atoms in total. The van der Waals surface area contributed by atoms with Gasteiger partial charge in [0.15, 0.2) is 11.0 Å². The molecule has 1 atom stereocenters. The highest BCUT2D eigenvalue weighted by Crippen LogP contribution is 2.33. The van der Waals surface area contributed by atoms with Crippen LogP contribution in [0, 0.1) is 0 Å². The Bertz CT molecular complexity index is 930. The van der Waals surface area contributed by atoms with E-state index in [4.69, 9.17) is 22.1 Å². The molecule has 0 radical (unpaired) electrons. The van der Waals surface area contributed by atoms with Gasteiger partial charge in [0.2, 0.25) is 5.91 Å². The summed E-state index contributed by atoms with van der Waals surface area (Å²) in [7, 11) is 1.56. The van der Waals surface area contributed by atoms with Gasteiger partial charge < -0.3 is 10.5 Å². The molecule has 1 aromatic heterocycles. The molecule has 0 aliphatic heterocycles. The number of primary amides is 1. The zero-order valence-electron chi connectivity index (χ0n) is 14.2. The van der Waals surface area contributed by atoms with Crippen LogP contribution in [0.1, 0.15) is 6.92 Å². The van der Waals surface area contributed by atoms with Gasteiger partial charge in [-0.2, -0.15) is 0 Å². The van der Waals surface area contributed by atoms with Gasteiger partial charge in [-0.25, -0.2) is 0 Å². The number of hydrogen-bond acceptors (Lipinski definition) is 5. The lowest BCUT2D eigenvalue weighted by Crippen LogP contribution is -2.23. The van der Waals surface area contributed by atoms with E-state index in [2.05, 4.69) is 10.2 Å². The van der Waals surface area contributed by atoms with Crippen LogP contribution in [0.4, 0.5) is 0 Å². The van der Waals surface area contributed by atoms with Gasteiger partial charge in [-0.3, -0.25) is 9.36 Å². The Morgan fingerprint density at radius 2 is 1.96 bits per heavy atom. The molecule has 26 heavy (non-hydrogen) atoms. The number of carbonyl (C=O) groups excluding carboxylic acids is 1. The minimum Gasteiger partial charge on any atom is -0.495 e. The monoisotopic (exact) mass is 388 g/mol. The Labute approximate surface area is 160 Å². The van der Waals surface area contributed by atoms with E-state index < -0.39 is 11.2 Å². The summed E-state index contributed by atoms with van der Waals surface area (Å²) in [5.41, 5.74) is 7.05. The molecule has 2 N–H and O–H groups in total. The van der Waals surface area contributed by atoms with E-state index in [-0.39, 0.29) is 0 Å². The Kier molecular flexibility index (Phi) is 5.49. The maximum absolute atomic E-state index is 11.5. The molecule has 134 valence electrons. The van der Waals surface area contributed by atoms with Gasteiger partial charge in [-0.15, -0.1) is 10.2 Å². The summed E-state index contributed by atoms with van der Waals surface area (Å²) in [6, 6.07) is 15.1. The number of hydrogen-bond donors (Lipinski definition) is 1. The molecule has 8 heteroatoms. The van der Waals surface area contributed by atoms with Crippen LogP contribution in [0.2, 0.25) is 5.02 Å². The second-order valence-corrected chi connectivity index (χ2v) is 7.20. The summed E-state index contributed by atoms with van der Waals surface area (Å²) < 4.78 is 7.07. The fourth-order valence-electron chi connectivity index (χ4n) is 2.36. The highest BCUT2D eigenvalue weighted by atomic mass is 35.5. The van der Waals surface area contributed by atoms with Gasteiger partial charge >= 0.3 is 0 Å². The standard InChI is InChI=1S/C18H17ClN4O2S/c1-11(16(20)24)26-18-22-21-17(12-6-4-3-5-7-12)23(18)13-8-9-15(25-2)14(19)10-13/h3-11H,1-2H3,(H2,20,24)/t11-/m0/s1. The molecule has 0 fully saturated rings. The van der Waals surface area contributed by atoms with Crippen LogP contribution in [-0.4, -0.2) is 33.0 Å². The van der Waals surface area contributed by atoms with Crippen molar-refractivity contribution in [3.63, 3.8) is 0 Å². The number of amides is 1. The van der Waals surface area contributed by atoms with Crippen molar-refractivity contribution in [3.8, 4) is 22.8 Å². The highest BCUT2D eigenvalue weighted by Gasteiger charge is 2.21. The van der Waals surface area contributed by atoms with E-state index in [1.54, 1.807) is 26.2 Å². The number of nitrogens with two attached hydrogens (primary N) is 1. The molecule has 0 bridgehead atoms. The first kappa shape index (κ1) is 18.3. The summed E-state index contributed by atoms with van der Waals surface area (Å²) in [6.07, 6.45) is 0. The van der Waals surface area contributed by atoms with Gasteiger partial charge in [-0.05, 0) is 25.1 Å². The average molecular weight is 389 g/mol. The van der Waals surface area contributed by atoms with Crippen LogP contribution in [-0.2, 0) is 4.79 Å². The Hall–Kier alpha value is -2.51. The lowest BCUT2D eigenvalue weighted by molar-refractivity contribution is -0.117. The van der Waals surface area contributed by atoms with E-state index in [9.17, 15) is 4.79 Å². The lowest BCUT2D eigenvalue weighted by atomic mass is 10.2. The molecule has 3 aromatic rings. The first-order chi connectivity index (χ1) is 12.5. The van der Waals surface area contributed by atoms with Crippen molar-refractivity contribution in [1.82, 2.24) is 14.8 Å². The molecule has 0 saturated carbocycles. The lowest BCUT2D eigenvalue weighted by Gasteiger charge is -2.13. The largest absolute Gasteiger partial charge is 0.495 e. The number of methoxy groups -OCH3 is 1. The van der Waals surface area contributed by atoms with Crippen molar-refractivity contribution in [3.05, 3.63) is 53.6 Å². The quantitative estimate of drug-likeness (QED) is 0.653. The normalized spacial score (nSPS) is 12.0. The van der Waals surface area contributed by atoms with Crippen molar-refractivity contribution in [2.24, 2.45) is 5.73 Å². The van der Waals surface area contributed by atoms with Gasteiger partial charge in [0.25, 0.3) is 0 Å². The zero-order chi connectivity index (χ0) is 18.7. The average Bonchev–Trinajstić information content (AvgIpc) is 3.05. The Morgan fingerprint density at radius 3 is 2.58 bits per heavy atom. The van der Waals surface area contributed by atoms with E-state index >= 15 is 0 Å². The topological polar surface area (TPSA) is 83.0 Å². The minimum atomic E-state index is -0.449. The van der Waals surface area contributed by atoms with Crippen LogP contribution in [0.25, 0.3) is 17.1 Å². The highest BCUT2D eigenvalue weighted by molar-refractivity contribution is 8.00. The zero-order valence-corrected chi connectivity index (χ0v) is 15.8. The van der Waals surface area contributed by atoms with Gasteiger partial charge in [0.05, 0.1) is 23.1 Å². The number of aromatic nitrogens is 3. The molecule has 0 aliphatic rings. The van der Waals surface area contributed by atoms with Crippen molar-refractivity contribution in [2.45, 2.75) is 17.3 Å². The smallest absolute Gasteiger partial charge is 0.230 e. The van der Waals surface area contributed by atoms with Crippen molar-refractivity contribution >= 4 is 29.3 Å². The summed E-state index contributed by atoms with van der Waals surface area (Å²) in [5.74, 6) is 0.800. The number of carbonyl (C=O) groups is 1. The van der Waals surface area contributed by atoms with Crippen molar-refractivity contribution < 1.29 is 9.53 Å². The number of benzene rings is 2. The third kappa shape index (κ3) is 3.68. The number of nitrogens with zero attached hydrogens (tertiary/aromatic N) is 3. The Morgan fingerprint density at radius 1 is 1.23 bits per heavy atom. The second kappa shape index (κ2) is 7.80. The summed E-state index contributed by atoms with van der Waals surface area (Å²) in [4.78, 5) is 11.5. The van der Waals surface area contributed by atoms with Gasteiger partial charge in [-0.1, -0.05) is 53.7 Å². The number of thioether (sulfide) groups is 1. The molecular weight excluding hydrogens is 372 g/mol. The van der Waals surface area contributed by atoms with E-state index in [1.165, 1.54) is 11.8 Å². The predicted octanol–water partition coefficient (Wildman–Crippen LogP) is 3.56. The molecule has 0 aliphatic carbocycles. The van der Waals surface area contributed by atoms with Crippen LogP contribution >= 0.6 is 23.4 Å². The molecule has 3 rings (SSSR count). The third-order valence-corrected chi connectivity index (χ3v) is 5.10. The van der Waals surface area contributed by atoms with Crippen LogP contribution in [0.3, 0.4) is 0 Å². The molecule has 0 saturated heterocycles. The van der Waals surface area contributed by atoms with Crippen LogP contribution in [0.15, 0.2) is 53.7 Å². The molecule has 0 spiro atoms. The van der Waals surface area contributed by atoms with Gasteiger partial charge in [0.1, 0.15) is 5.75 Å². The summed E-state index contributed by atoms with van der Waals surface area (Å²) in [5, 5.41) is 9.14. The minimum absolute atomic E-state index is 0.418. The van der Waals surface area contributed by atoms with Crippen LogP contribution in [0.5, 0.6) is 5.75 Å².